The number of benzene rings is 1. The Morgan fingerprint density at radius 3 is 2.77 bits per heavy atom. The molecule has 0 unspecified atom stereocenters. The third-order valence-corrected chi connectivity index (χ3v) is 4.02. The van der Waals surface area contributed by atoms with Crippen LogP contribution in [0.15, 0.2) is 40.6 Å². The van der Waals surface area contributed by atoms with E-state index in [0.29, 0.717) is 11.1 Å². The van der Waals surface area contributed by atoms with Crippen molar-refractivity contribution in [2.75, 3.05) is 0 Å². The van der Waals surface area contributed by atoms with Gasteiger partial charge >= 0.3 is 0 Å². The standard InChI is InChI=1S/C12H13N5O4S/c1-9-3-4-11(5-12(9)17(18)19)22(20,21)15-13-6-10-7-14-16(2)8-10/h3-8,15H,1-2H3/b13-6+. The average molecular weight is 323 g/mol. The molecule has 9 nitrogen and oxygen atoms in total. The Balaban J connectivity index is 2.22. The predicted molar refractivity (Wildman–Crippen MR) is 79.0 cm³/mol. The summed E-state index contributed by atoms with van der Waals surface area (Å²) in [7, 11) is -2.26. The highest BCUT2D eigenvalue weighted by atomic mass is 32.2. The molecule has 0 radical (unpaired) electrons. The second-order valence-corrected chi connectivity index (χ2v) is 6.17. The van der Waals surface area contributed by atoms with E-state index in [1.807, 2.05) is 4.83 Å². The molecule has 116 valence electrons. The molecule has 0 aliphatic carbocycles. The topological polar surface area (TPSA) is 119 Å². The van der Waals surface area contributed by atoms with Crippen LogP contribution in [-0.4, -0.2) is 29.3 Å². The molecule has 2 rings (SSSR count). The molecule has 2 aromatic rings. The number of hydrazone groups is 1. The number of aryl methyl sites for hydroxylation is 2. The largest absolute Gasteiger partial charge is 0.276 e. The number of rotatable bonds is 5. The van der Waals surface area contributed by atoms with E-state index < -0.39 is 14.9 Å². The lowest BCUT2D eigenvalue weighted by Crippen LogP contribution is -2.18. The SMILES string of the molecule is Cc1ccc(S(=O)(=O)N/N=C/c2cnn(C)c2)cc1[N+](=O)[O-]. The van der Waals surface area contributed by atoms with Crippen molar-refractivity contribution in [1.82, 2.24) is 14.6 Å². The number of nitro groups is 1. The van der Waals surface area contributed by atoms with E-state index in [-0.39, 0.29) is 10.6 Å². The molecule has 0 aliphatic heterocycles. The highest BCUT2D eigenvalue weighted by Gasteiger charge is 2.19. The highest BCUT2D eigenvalue weighted by molar-refractivity contribution is 7.89. The summed E-state index contributed by atoms with van der Waals surface area (Å²) in [6.07, 6.45) is 4.44. The number of nitrogens with one attached hydrogen (secondary N) is 1. The molecule has 22 heavy (non-hydrogen) atoms. The first-order valence-electron chi connectivity index (χ1n) is 6.08. The number of aromatic nitrogens is 2. The fourth-order valence-corrected chi connectivity index (χ4v) is 2.49. The van der Waals surface area contributed by atoms with Crippen LogP contribution >= 0.6 is 0 Å². The summed E-state index contributed by atoms with van der Waals surface area (Å²) in [5, 5.41) is 18.4. The lowest BCUT2D eigenvalue weighted by Gasteiger charge is -2.04. The molecule has 0 spiro atoms. The second-order valence-electron chi connectivity index (χ2n) is 4.51. The van der Waals surface area contributed by atoms with E-state index in [9.17, 15) is 18.5 Å². The number of hydrogen-bond acceptors (Lipinski definition) is 6. The van der Waals surface area contributed by atoms with Gasteiger partial charge in [-0.1, -0.05) is 6.07 Å². The maximum atomic E-state index is 12.0. The molecule has 1 aromatic carbocycles. The van der Waals surface area contributed by atoms with Crippen molar-refractivity contribution < 1.29 is 13.3 Å². The van der Waals surface area contributed by atoms with Crippen molar-refractivity contribution in [2.24, 2.45) is 12.1 Å². The Bertz CT molecular complexity index is 841. The van der Waals surface area contributed by atoms with Crippen LogP contribution in [0.25, 0.3) is 0 Å². The Hall–Kier alpha value is -2.75. The number of nitrogens with zero attached hydrogens (tertiary/aromatic N) is 4. The molecule has 0 fully saturated rings. The van der Waals surface area contributed by atoms with E-state index in [1.54, 1.807) is 17.9 Å². The van der Waals surface area contributed by atoms with Crippen LogP contribution in [0.3, 0.4) is 0 Å². The molecule has 1 heterocycles. The second kappa shape index (κ2) is 5.93. The van der Waals surface area contributed by atoms with Crippen molar-refractivity contribution in [3.05, 3.63) is 51.8 Å². The zero-order chi connectivity index (χ0) is 16.3. The predicted octanol–water partition coefficient (Wildman–Crippen LogP) is 0.949. The zero-order valence-electron chi connectivity index (χ0n) is 11.8. The molecular weight excluding hydrogens is 310 g/mol. The van der Waals surface area contributed by atoms with Gasteiger partial charge in [-0.05, 0) is 13.0 Å². The van der Waals surface area contributed by atoms with Crippen molar-refractivity contribution >= 4 is 21.9 Å². The average Bonchev–Trinajstić information content (AvgIpc) is 2.84. The maximum absolute atomic E-state index is 12.0. The highest BCUT2D eigenvalue weighted by Crippen LogP contribution is 2.21. The number of hydrogen-bond donors (Lipinski definition) is 1. The third kappa shape index (κ3) is 3.47. The molecule has 0 saturated heterocycles. The molecule has 10 heteroatoms. The first-order valence-corrected chi connectivity index (χ1v) is 7.56. The molecule has 1 aromatic heterocycles. The van der Waals surface area contributed by atoms with Gasteiger partial charge in [0.1, 0.15) is 0 Å². The molecule has 1 N–H and O–H groups in total. The van der Waals surface area contributed by atoms with Crippen LogP contribution in [0.2, 0.25) is 0 Å². The third-order valence-electron chi connectivity index (χ3n) is 2.80. The lowest BCUT2D eigenvalue weighted by molar-refractivity contribution is -0.385. The fraction of sp³-hybridized carbons (Fsp3) is 0.167. The van der Waals surface area contributed by atoms with Crippen LogP contribution in [0.4, 0.5) is 5.69 Å². The molecule has 0 saturated carbocycles. The van der Waals surface area contributed by atoms with Gasteiger partial charge in [0, 0.05) is 30.4 Å². The smallest absolute Gasteiger partial charge is 0.275 e. The van der Waals surface area contributed by atoms with Crippen molar-refractivity contribution in [1.29, 1.82) is 0 Å². The normalized spacial score (nSPS) is 11.7. The van der Waals surface area contributed by atoms with Gasteiger partial charge in [-0.25, -0.2) is 4.83 Å². The van der Waals surface area contributed by atoms with Crippen molar-refractivity contribution in [2.45, 2.75) is 11.8 Å². The Morgan fingerprint density at radius 2 is 2.18 bits per heavy atom. The van der Waals surface area contributed by atoms with Gasteiger partial charge in [-0.2, -0.15) is 18.6 Å². The van der Waals surface area contributed by atoms with Gasteiger partial charge in [0.2, 0.25) is 0 Å². The van der Waals surface area contributed by atoms with Gasteiger partial charge in [0.15, 0.2) is 0 Å². The van der Waals surface area contributed by atoms with Gasteiger partial charge in [0.25, 0.3) is 15.7 Å². The van der Waals surface area contributed by atoms with E-state index >= 15 is 0 Å². The van der Waals surface area contributed by atoms with Crippen molar-refractivity contribution in [3.8, 4) is 0 Å². The van der Waals surface area contributed by atoms with E-state index in [4.69, 9.17) is 0 Å². The lowest BCUT2D eigenvalue weighted by atomic mass is 10.2. The number of nitro benzene ring substituents is 1. The molecule has 0 aliphatic rings. The summed E-state index contributed by atoms with van der Waals surface area (Å²) >= 11 is 0. The van der Waals surface area contributed by atoms with Crippen LogP contribution in [0, 0.1) is 17.0 Å². The zero-order valence-corrected chi connectivity index (χ0v) is 12.6. The summed E-state index contributed by atoms with van der Waals surface area (Å²) < 4.78 is 25.6. The van der Waals surface area contributed by atoms with Gasteiger partial charge in [-0.15, -0.1) is 0 Å². The molecular formula is C12H13N5O4S. The molecule has 0 atom stereocenters. The first kappa shape index (κ1) is 15.6. The van der Waals surface area contributed by atoms with Gasteiger partial charge in [0.05, 0.1) is 22.2 Å². The maximum Gasteiger partial charge on any atom is 0.276 e. The first-order chi connectivity index (χ1) is 10.3. The van der Waals surface area contributed by atoms with E-state index in [2.05, 4.69) is 10.2 Å². The number of sulfonamides is 1. The summed E-state index contributed by atoms with van der Waals surface area (Å²) in [4.78, 5) is 12.0. The summed E-state index contributed by atoms with van der Waals surface area (Å²) in [5.74, 6) is 0. The van der Waals surface area contributed by atoms with Crippen LogP contribution < -0.4 is 4.83 Å². The minimum Gasteiger partial charge on any atom is -0.275 e. The Labute approximate surface area is 126 Å². The monoisotopic (exact) mass is 323 g/mol. The van der Waals surface area contributed by atoms with Gasteiger partial charge in [-0.3, -0.25) is 14.8 Å². The fourth-order valence-electron chi connectivity index (χ4n) is 1.68. The minimum absolute atomic E-state index is 0.229. The van der Waals surface area contributed by atoms with E-state index in [1.165, 1.54) is 31.5 Å². The van der Waals surface area contributed by atoms with Gasteiger partial charge < -0.3 is 0 Å². The van der Waals surface area contributed by atoms with Crippen LogP contribution in [0.1, 0.15) is 11.1 Å². The Morgan fingerprint density at radius 1 is 1.45 bits per heavy atom. The molecule has 0 amide bonds. The summed E-state index contributed by atoms with van der Waals surface area (Å²) in [5.41, 5.74) is 0.724. The van der Waals surface area contributed by atoms with E-state index in [0.717, 1.165) is 6.07 Å². The van der Waals surface area contributed by atoms with Crippen LogP contribution in [0.5, 0.6) is 0 Å². The van der Waals surface area contributed by atoms with Crippen molar-refractivity contribution in [3.63, 3.8) is 0 Å². The minimum atomic E-state index is -3.98. The summed E-state index contributed by atoms with van der Waals surface area (Å²) in [6, 6.07) is 3.65. The Kier molecular flexibility index (Phi) is 4.22. The van der Waals surface area contributed by atoms with Crippen LogP contribution in [-0.2, 0) is 17.1 Å². The summed E-state index contributed by atoms with van der Waals surface area (Å²) in [6.45, 7) is 1.53. The molecule has 0 bridgehead atoms. The quantitative estimate of drug-likeness (QED) is 0.499.